The Labute approximate surface area is 126 Å². The van der Waals surface area contributed by atoms with Gasteiger partial charge in [0.2, 0.25) is 5.13 Å². The third-order valence-electron chi connectivity index (χ3n) is 2.46. The molecule has 0 aliphatic rings. The molecule has 0 aliphatic carbocycles. The lowest BCUT2D eigenvalue weighted by Gasteiger charge is -2.05. The first kappa shape index (κ1) is 14.8. The first-order valence-corrected chi connectivity index (χ1v) is 7.26. The van der Waals surface area contributed by atoms with Crippen molar-refractivity contribution in [3.63, 3.8) is 0 Å². The summed E-state index contributed by atoms with van der Waals surface area (Å²) in [5, 5.41) is 14.9. The van der Waals surface area contributed by atoms with Gasteiger partial charge in [-0.25, -0.2) is 4.98 Å². The van der Waals surface area contributed by atoms with Gasteiger partial charge in [0.15, 0.2) is 0 Å². The lowest BCUT2D eigenvalue weighted by atomic mass is 10.2. The molecule has 7 heteroatoms. The number of unbranched alkanes of at least 4 members (excludes halogenated alkanes) is 1. The smallest absolute Gasteiger partial charge is 0.205 e. The van der Waals surface area contributed by atoms with Crippen molar-refractivity contribution < 1.29 is 4.74 Å². The van der Waals surface area contributed by atoms with Crippen molar-refractivity contribution in [3.05, 3.63) is 35.2 Å². The molecule has 3 N–H and O–H groups in total. The second-order valence-corrected chi connectivity index (χ2v) is 4.99. The van der Waals surface area contributed by atoms with E-state index in [2.05, 4.69) is 21.6 Å². The van der Waals surface area contributed by atoms with Crippen molar-refractivity contribution in [2.75, 3.05) is 17.8 Å². The quantitative estimate of drug-likeness (QED) is 0.465. The first-order valence-electron chi connectivity index (χ1n) is 6.38. The summed E-state index contributed by atoms with van der Waals surface area (Å²) >= 11 is 1.39. The van der Waals surface area contributed by atoms with Crippen LogP contribution in [0.3, 0.4) is 0 Å². The maximum Gasteiger partial charge on any atom is 0.205 e. The summed E-state index contributed by atoms with van der Waals surface area (Å²) in [6, 6.07) is 9.66. The Morgan fingerprint density at radius 1 is 1.52 bits per heavy atom. The number of aromatic nitrogens is 1. The summed E-state index contributed by atoms with van der Waals surface area (Å²) < 4.78 is 5.56. The molecular formula is C14H15N5OS. The summed E-state index contributed by atoms with van der Waals surface area (Å²) in [5.74, 6) is 1.24. The average molecular weight is 301 g/mol. The molecule has 0 fully saturated rings. The molecule has 0 saturated heterocycles. The van der Waals surface area contributed by atoms with Crippen LogP contribution in [0.2, 0.25) is 0 Å². The van der Waals surface area contributed by atoms with E-state index in [1.165, 1.54) is 11.3 Å². The number of hydrogen-bond donors (Lipinski definition) is 2. The molecule has 0 atom stereocenters. The van der Waals surface area contributed by atoms with E-state index in [4.69, 9.17) is 15.7 Å². The predicted molar refractivity (Wildman–Crippen MR) is 84.5 cm³/mol. The van der Waals surface area contributed by atoms with Crippen LogP contribution in [0.1, 0.15) is 18.4 Å². The standard InChI is InChI=1S/C14H15N5OS/c15-6-1-2-7-20-12-5-3-4-11(8-12)9-17-19-14-18-13(16)10-21-14/h3-5,8-10H,1-2,7,16H2,(H,18,19). The van der Waals surface area contributed by atoms with Gasteiger partial charge in [0.05, 0.1) is 18.9 Å². The van der Waals surface area contributed by atoms with E-state index in [1.807, 2.05) is 24.3 Å². The Morgan fingerprint density at radius 2 is 2.43 bits per heavy atom. The third kappa shape index (κ3) is 5.12. The highest BCUT2D eigenvalue weighted by Gasteiger charge is 1.97. The van der Waals surface area contributed by atoms with Gasteiger partial charge >= 0.3 is 0 Å². The van der Waals surface area contributed by atoms with Gasteiger partial charge in [0.1, 0.15) is 11.6 Å². The number of hydrogen-bond acceptors (Lipinski definition) is 7. The highest BCUT2D eigenvalue weighted by molar-refractivity contribution is 7.14. The second kappa shape index (κ2) is 7.87. The highest BCUT2D eigenvalue weighted by Crippen LogP contribution is 2.16. The number of nitrogens with two attached hydrogens (primary N) is 1. The normalized spacial score (nSPS) is 10.4. The number of hydrazone groups is 1. The number of rotatable bonds is 7. The molecule has 2 rings (SSSR count). The first-order chi connectivity index (χ1) is 10.3. The second-order valence-electron chi connectivity index (χ2n) is 4.13. The molecule has 0 unspecified atom stereocenters. The fourth-order valence-corrected chi connectivity index (χ4v) is 2.07. The Balaban J connectivity index is 1.86. The number of anilines is 2. The zero-order valence-corrected chi connectivity index (χ0v) is 12.1. The van der Waals surface area contributed by atoms with Crippen LogP contribution in [0, 0.1) is 11.3 Å². The van der Waals surface area contributed by atoms with Crippen LogP contribution in [0.15, 0.2) is 34.7 Å². The van der Waals surface area contributed by atoms with Crippen molar-refractivity contribution in [2.45, 2.75) is 12.8 Å². The van der Waals surface area contributed by atoms with Crippen molar-refractivity contribution >= 4 is 28.5 Å². The molecular weight excluding hydrogens is 286 g/mol. The largest absolute Gasteiger partial charge is 0.494 e. The van der Waals surface area contributed by atoms with Crippen molar-refractivity contribution in [3.8, 4) is 11.8 Å². The number of nitriles is 1. The number of benzene rings is 1. The highest BCUT2D eigenvalue weighted by atomic mass is 32.1. The summed E-state index contributed by atoms with van der Waals surface area (Å²) in [6.07, 6.45) is 2.91. The molecule has 0 saturated carbocycles. The molecule has 1 aromatic carbocycles. The van der Waals surface area contributed by atoms with E-state index >= 15 is 0 Å². The minimum Gasteiger partial charge on any atom is -0.494 e. The average Bonchev–Trinajstić information content (AvgIpc) is 2.90. The molecule has 108 valence electrons. The number of ether oxygens (including phenoxy) is 1. The van der Waals surface area contributed by atoms with Crippen molar-refractivity contribution in [1.82, 2.24) is 4.98 Å². The van der Waals surface area contributed by atoms with Crippen LogP contribution < -0.4 is 15.9 Å². The van der Waals surface area contributed by atoms with Crippen LogP contribution >= 0.6 is 11.3 Å². The maximum absolute atomic E-state index is 8.46. The number of nitrogens with one attached hydrogen (secondary N) is 1. The minimum absolute atomic E-state index is 0.477. The number of thiazole rings is 1. The monoisotopic (exact) mass is 301 g/mol. The summed E-state index contributed by atoms with van der Waals surface area (Å²) in [5.41, 5.74) is 9.24. The van der Waals surface area contributed by atoms with Crippen LogP contribution in [-0.2, 0) is 0 Å². The summed E-state index contributed by atoms with van der Waals surface area (Å²) in [6.45, 7) is 0.533. The Hall–Kier alpha value is -2.59. The van der Waals surface area contributed by atoms with Gasteiger partial charge in [-0.3, -0.25) is 5.43 Å². The van der Waals surface area contributed by atoms with E-state index in [0.717, 1.165) is 17.7 Å². The van der Waals surface area contributed by atoms with E-state index in [0.29, 0.717) is 24.0 Å². The third-order valence-corrected chi connectivity index (χ3v) is 3.22. The molecule has 0 bridgehead atoms. The van der Waals surface area contributed by atoms with E-state index < -0.39 is 0 Å². The Morgan fingerprint density at radius 3 is 3.19 bits per heavy atom. The van der Waals surface area contributed by atoms with Gasteiger partial charge in [0, 0.05) is 11.8 Å². The lowest BCUT2D eigenvalue weighted by Crippen LogP contribution is -1.97. The molecule has 1 heterocycles. The minimum atomic E-state index is 0.477. The molecule has 0 radical (unpaired) electrons. The van der Waals surface area contributed by atoms with E-state index in [9.17, 15) is 0 Å². The zero-order valence-electron chi connectivity index (χ0n) is 11.3. The summed E-state index contributed by atoms with van der Waals surface area (Å²) in [4.78, 5) is 4.04. The van der Waals surface area contributed by atoms with Crippen LogP contribution in [0.4, 0.5) is 10.9 Å². The maximum atomic E-state index is 8.46. The molecule has 0 spiro atoms. The SMILES string of the molecule is N#CCCCOc1cccc(C=NNc2nc(N)cs2)c1. The van der Waals surface area contributed by atoms with E-state index in [-0.39, 0.29) is 0 Å². The Bertz CT molecular complexity index is 647. The van der Waals surface area contributed by atoms with Gasteiger partial charge in [-0.15, -0.1) is 11.3 Å². The van der Waals surface area contributed by atoms with E-state index in [1.54, 1.807) is 11.6 Å². The van der Waals surface area contributed by atoms with Gasteiger partial charge in [-0.1, -0.05) is 12.1 Å². The molecule has 6 nitrogen and oxygen atoms in total. The zero-order chi connectivity index (χ0) is 14.9. The van der Waals surface area contributed by atoms with Crippen LogP contribution in [-0.4, -0.2) is 17.8 Å². The van der Waals surface area contributed by atoms with Gasteiger partial charge < -0.3 is 10.5 Å². The van der Waals surface area contributed by atoms with Gasteiger partial charge in [-0.2, -0.15) is 10.4 Å². The van der Waals surface area contributed by atoms with Crippen LogP contribution in [0.5, 0.6) is 5.75 Å². The molecule has 21 heavy (non-hydrogen) atoms. The fraction of sp³-hybridized carbons (Fsp3) is 0.214. The predicted octanol–water partition coefficient (Wildman–Crippen LogP) is 2.85. The molecule has 0 aliphatic heterocycles. The Kier molecular flexibility index (Phi) is 5.55. The summed E-state index contributed by atoms with van der Waals surface area (Å²) in [7, 11) is 0. The fourth-order valence-electron chi connectivity index (χ4n) is 1.53. The molecule has 0 amide bonds. The topological polar surface area (TPSA) is 96.3 Å². The lowest BCUT2D eigenvalue weighted by molar-refractivity contribution is 0.312. The van der Waals surface area contributed by atoms with Crippen molar-refractivity contribution in [1.29, 1.82) is 5.26 Å². The number of nitrogens with zero attached hydrogens (tertiary/aromatic N) is 3. The molecule has 2 aromatic rings. The van der Waals surface area contributed by atoms with Gasteiger partial charge in [-0.05, 0) is 24.1 Å². The molecule has 1 aromatic heterocycles. The number of nitrogen functional groups attached to an aromatic ring is 1. The van der Waals surface area contributed by atoms with Crippen molar-refractivity contribution in [2.24, 2.45) is 5.10 Å². The van der Waals surface area contributed by atoms with Gasteiger partial charge in [0.25, 0.3) is 0 Å². The van der Waals surface area contributed by atoms with Crippen LogP contribution in [0.25, 0.3) is 0 Å².